The molecule has 98 valence electrons. The number of amides is 2. The average Bonchev–Trinajstić information content (AvgIpc) is 2.35. The minimum absolute atomic E-state index is 0.0256. The van der Waals surface area contributed by atoms with Crippen LogP contribution in [0.25, 0.3) is 0 Å². The van der Waals surface area contributed by atoms with Gasteiger partial charge >= 0.3 is 0 Å². The van der Waals surface area contributed by atoms with Crippen molar-refractivity contribution in [3.63, 3.8) is 0 Å². The molecule has 0 aromatic heterocycles. The van der Waals surface area contributed by atoms with E-state index in [0.717, 1.165) is 0 Å². The lowest BCUT2D eigenvalue weighted by molar-refractivity contribution is -0.127. The summed E-state index contributed by atoms with van der Waals surface area (Å²) in [6.45, 7) is 4.23. The number of likely N-dealkylation sites (N-methyl/N-ethyl adjacent to an activating group) is 1. The summed E-state index contributed by atoms with van der Waals surface area (Å²) >= 11 is 0. The zero-order valence-electron chi connectivity index (χ0n) is 11.4. The molecule has 0 aliphatic rings. The molecule has 0 radical (unpaired) electrons. The predicted octanol–water partition coefficient (Wildman–Crippen LogP) is 1.63. The first-order valence-corrected chi connectivity index (χ1v) is 6.00. The highest BCUT2D eigenvalue weighted by molar-refractivity contribution is 5.96. The summed E-state index contributed by atoms with van der Waals surface area (Å²) in [4.78, 5) is 24.6. The number of nitrogens with zero attached hydrogens (tertiary/aromatic N) is 1. The average molecular weight is 248 g/mol. The number of nitrogens with one attached hydrogen (secondary N) is 1. The largest absolute Gasteiger partial charge is 0.347 e. The van der Waals surface area contributed by atoms with Gasteiger partial charge in [0.1, 0.15) is 0 Å². The fourth-order valence-corrected chi connectivity index (χ4v) is 1.44. The fraction of sp³-hybridized carbons (Fsp3) is 0.429. The number of benzene rings is 1. The topological polar surface area (TPSA) is 49.4 Å². The Balaban J connectivity index is 2.59. The number of hydrogen-bond acceptors (Lipinski definition) is 2. The first-order valence-electron chi connectivity index (χ1n) is 6.00. The third kappa shape index (κ3) is 3.87. The van der Waals surface area contributed by atoms with Crippen molar-refractivity contribution in [2.45, 2.75) is 19.8 Å². The lowest BCUT2D eigenvalue weighted by Gasteiger charge is -2.11. The second-order valence-corrected chi connectivity index (χ2v) is 4.75. The van der Waals surface area contributed by atoms with Crippen LogP contribution in [0, 0.1) is 0 Å². The third-order valence-electron chi connectivity index (χ3n) is 2.74. The van der Waals surface area contributed by atoms with E-state index in [-0.39, 0.29) is 18.4 Å². The van der Waals surface area contributed by atoms with E-state index in [1.165, 1.54) is 10.5 Å². The number of rotatable bonds is 4. The Bertz CT molecular complexity index is 422. The first kappa shape index (κ1) is 14.2. The van der Waals surface area contributed by atoms with E-state index >= 15 is 0 Å². The molecule has 0 atom stereocenters. The van der Waals surface area contributed by atoms with E-state index in [9.17, 15) is 9.59 Å². The smallest absolute Gasteiger partial charge is 0.251 e. The molecule has 0 spiro atoms. The summed E-state index contributed by atoms with van der Waals surface area (Å²) < 4.78 is 0. The Hall–Kier alpha value is -1.84. The SMILES string of the molecule is CC(C)c1ccc(C(=O)NCC(=O)N(C)C)cc1. The quantitative estimate of drug-likeness (QED) is 0.880. The van der Waals surface area contributed by atoms with Crippen LogP contribution in [0.15, 0.2) is 24.3 Å². The van der Waals surface area contributed by atoms with Crippen LogP contribution in [0.4, 0.5) is 0 Å². The van der Waals surface area contributed by atoms with Gasteiger partial charge in [-0.25, -0.2) is 0 Å². The van der Waals surface area contributed by atoms with Gasteiger partial charge in [0, 0.05) is 19.7 Å². The number of carbonyl (C=O) groups excluding carboxylic acids is 2. The van der Waals surface area contributed by atoms with E-state index in [1.807, 2.05) is 12.1 Å². The van der Waals surface area contributed by atoms with E-state index in [1.54, 1.807) is 26.2 Å². The van der Waals surface area contributed by atoms with Gasteiger partial charge in [0.2, 0.25) is 5.91 Å². The first-order chi connectivity index (χ1) is 8.41. The van der Waals surface area contributed by atoms with Gasteiger partial charge in [-0.1, -0.05) is 26.0 Å². The van der Waals surface area contributed by atoms with E-state index in [2.05, 4.69) is 19.2 Å². The molecule has 1 aromatic rings. The molecule has 4 nitrogen and oxygen atoms in total. The molecule has 1 aromatic carbocycles. The Labute approximate surface area is 108 Å². The zero-order chi connectivity index (χ0) is 13.7. The van der Waals surface area contributed by atoms with Gasteiger partial charge in [-0.15, -0.1) is 0 Å². The van der Waals surface area contributed by atoms with Crippen LogP contribution in [0.5, 0.6) is 0 Å². The maximum Gasteiger partial charge on any atom is 0.251 e. The monoisotopic (exact) mass is 248 g/mol. The van der Waals surface area contributed by atoms with Gasteiger partial charge in [0.15, 0.2) is 0 Å². The van der Waals surface area contributed by atoms with Gasteiger partial charge in [-0.3, -0.25) is 9.59 Å². The maximum absolute atomic E-state index is 11.8. The number of hydrogen-bond donors (Lipinski definition) is 1. The summed E-state index contributed by atoms with van der Waals surface area (Å²) in [5, 5.41) is 2.60. The van der Waals surface area contributed by atoms with Crippen molar-refractivity contribution in [3.05, 3.63) is 35.4 Å². The molecule has 0 aliphatic carbocycles. The van der Waals surface area contributed by atoms with Crippen LogP contribution >= 0.6 is 0 Å². The molecule has 2 amide bonds. The van der Waals surface area contributed by atoms with Crippen LogP contribution in [0.1, 0.15) is 35.7 Å². The minimum Gasteiger partial charge on any atom is -0.347 e. The standard InChI is InChI=1S/C14H20N2O2/c1-10(2)11-5-7-12(8-6-11)14(18)15-9-13(17)16(3)4/h5-8,10H,9H2,1-4H3,(H,15,18). The van der Waals surface area contributed by atoms with Crippen LogP contribution in [-0.4, -0.2) is 37.4 Å². The Morgan fingerprint density at radius 3 is 2.17 bits per heavy atom. The normalized spacial score (nSPS) is 10.3. The maximum atomic E-state index is 11.8. The molecule has 0 unspecified atom stereocenters. The molecule has 0 heterocycles. The Kier molecular flexibility index (Phi) is 4.89. The summed E-state index contributed by atoms with van der Waals surface area (Å²) in [5.74, 6) is 0.0973. The van der Waals surface area contributed by atoms with Crippen LogP contribution in [0.2, 0.25) is 0 Å². The van der Waals surface area contributed by atoms with Gasteiger partial charge in [-0.05, 0) is 23.6 Å². The number of carbonyl (C=O) groups is 2. The third-order valence-corrected chi connectivity index (χ3v) is 2.74. The zero-order valence-corrected chi connectivity index (χ0v) is 11.4. The Morgan fingerprint density at radius 2 is 1.72 bits per heavy atom. The molecule has 1 rings (SSSR count). The van der Waals surface area contributed by atoms with Crippen molar-refractivity contribution in [1.82, 2.24) is 10.2 Å². The molecule has 0 fully saturated rings. The predicted molar refractivity (Wildman–Crippen MR) is 71.6 cm³/mol. The van der Waals surface area contributed by atoms with Crippen molar-refractivity contribution in [3.8, 4) is 0 Å². The van der Waals surface area contributed by atoms with Crippen molar-refractivity contribution < 1.29 is 9.59 Å². The van der Waals surface area contributed by atoms with Gasteiger partial charge in [0.25, 0.3) is 5.91 Å². The molecule has 0 aliphatic heterocycles. The highest BCUT2D eigenvalue weighted by Gasteiger charge is 2.09. The molecular weight excluding hydrogens is 228 g/mol. The van der Waals surface area contributed by atoms with E-state index in [4.69, 9.17) is 0 Å². The second kappa shape index (κ2) is 6.19. The van der Waals surface area contributed by atoms with Gasteiger partial charge in [0.05, 0.1) is 6.54 Å². The highest BCUT2D eigenvalue weighted by atomic mass is 16.2. The second-order valence-electron chi connectivity index (χ2n) is 4.75. The molecule has 1 N–H and O–H groups in total. The summed E-state index contributed by atoms with van der Waals surface area (Å²) in [7, 11) is 3.32. The molecule has 0 saturated carbocycles. The van der Waals surface area contributed by atoms with Crippen molar-refractivity contribution in [1.29, 1.82) is 0 Å². The Morgan fingerprint density at radius 1 is 1.17 bits per heavy atom. The van der Waals surface area contributed by atoms with E-state index in [0.29, 0.717) is 11.5 Å². The summed E-state index contributed by atoms with van der Waals surface area (Å²) in [5.41, 5.74) is 1.77. The minimum atomic E-state index is -0.222. The van der Waals surface area contributed by atoms with Crippen LogP contribution < -0.4 is 5.32 Å². The van der Waals surface area contributed by atoms with E-state index < -0.39 is 0 Å². The summed E-state index contributed by atoms with van der Waals surface area (Å²) in [6, 6.07) is 7.44. The fourth-order valence-electron chi connectivity index (χ4n) is 1.44. The van der Waals surface area contributed by atoms with Crippen molar-refractivity contribution >= 4 is 11.8 Å². The highest BCUT2D eigenvalue weighted by Crippen LogP contribution is 2.14. The molecule has 0 saturated heterocycles. The lowest BCUT2D eigenvalue weighted by atomic mass is 10.0. The lowest BCUT2D eigenvalue weighted by Crippen LogP contribution is -2.36. The van der Waals surface area contributed by atoms with Crippen molar-refractivity contribution in [2.24, 2.45) is 0 Å². The van der Waals surface area contributed by atoms with Crippen LogP contribution in [-0.2, 0) is 4.79 Å². The molecule has 18 heavy (non-hydrogen) atoms. The van der Waals surface area contributed by atoms with Crippen LogP contribution in [0.3, 0.4) is 0 Å². The van der Waals surface area contributed by atoms with Gasteiger partial charge < -0.3 is 10.2 Å². The van der Waals surface area contributed by atoms with Crippen molar-refractivity contribution in [2.75, 3.05) is 20.6 Å². The molecule has 0 bridgehead atoms. The molecule has 4 heteroatoms. The van der Waals surface area contributed by atoms with Gasteiger partial charge in [-0.2, -0.15) is 0 Å². The molecular formula is C14H20N2O2. The summed E-state index contributed by atoms with van der Waals surface area (Å²) in [6.07, 6.45) is 0.